The molecule has 0 aromatic rings. The maximum absolute atomic E-state index is 12.6. The lowest BCUT2D eigenvalue weighted by atomic mass is 9.53. The van der Waals surface area contributed by atoms with E-state index in [-0.39, 0.29) is 29.7 Å². The van der Waals surface area contributed by atoms with Crippen LogP contribution in [-0.4, -0.2) is 65.8 Å². The van der Waals surface area contributed by atoms with Gasteiger partial charge in [0.2, 0.25) is 17.7 Å². The maximum Gasteiger partial charge on any atom is 0.232 e. The van der Waals surface area contributed by atoms with Crippen molar-refractivity contribution in [2.45, 2.75) is 63.3 Å². The van der Waals surface area contributed by atoms with Gasteiger partial charge in [-0.3, -0.25) is 14.4 Å². The van der Waals surface area contributed by atoms with Crippen molar-refractivity contribution in [1.29, 1.82) is 0 Å². The normalized spacial score (nSPS) is 33.8. The molecule has 0 spiro atoms. The first-order valence-corrected chi connectivity index (χ1v) is 11.0. The van der Waals surface area contributed by atoms with E-state index in [1.807, 2.05) is 0 Å². The summed E-state index contributed by atoms with van der Waals surface area (Å²) in [6, 6.07) is 0. The summed E-state index contributed by atoms with van der Waals surface area (Å²) in [6.45, 7) is 2.64. The first kappa shape index (κ1) is 19.7. The Morgan fingerprint density at radius 1 is 0.857 bits per heavy atom. The van der Waals surface area contributed by atoms with Gasteiger partial charge in [0.25, 0.3) is 0 Å². The van der Waals surface area contributed by atoms with E-state index in [0.29, 0.717) is 45.6 Å². The Morgan fingerprint density at radius 2 is 1.36 bits per heavy atom. The molecule has 5 fully saturated rings. The van der Waals surface area contributed by atoms with Crippen molar-refractivity contribution in [3.05, 3.63) is 0 Å². The van der Waals surface area contributed by atoms with Gasteiger partial charge in [0, 0.05) is 38.1 Å². The summed E-state index contributed by atoms with van der Waals surface area (Å²) < 4.78 is 0. The minimum atomic E-state index is -0.117. The Labute approximate surface area is 167 Å². The second kappa shape index (κ2) is 8.01. The maximum atomic E-state index is 12.6. The van der Waals surface area contributed by atoms with Crippen LogP contribution in [-0.2, 0) is 14.4 Å². The summed E-state index contributed by atoms with van der Waals surface area (Å²) in [5.41, 5.74) is 5.42. The van der Waals surface area contributed by atoms with E-state index in [1.165, 1.54) is 19.3 Å². The van der Waals surface area contributed by atoms with Gasteiger partial charge >= 0.3 is 0 Å². The zero-order chi connectivity index (χ0) is 19.7. The van der Waals surface area contributed by atoms with E-state index in [2.05, 4.69) is 5.32 Å². The average molecular weight is 391 g/mol. The van der Waals surface area contributed by atoms with Crippen molar-refractivity contribution in [2.75, 3.05) is 32.7 Å². The standard InChI is InChI=1S/C21H34N4O3/c22-3-1-2-19(27)24-4-6-25(7-5-24)20(28)11-18(26)23-21-12-15-8-16(13-21)10-17(9-15)14-21/h15-17H,1-14,22H2,(H,23,26). The number of nitrogens with two attached hydrogens (primary N) is 1. The lowest BCUT2D eigenvalue weighted by Crippen LogP contribution is -2.60. The molecule has 1 aliphatic heterocycles. The fourth-order valence-corrected chi connectivity index (χ4v) is 6.47. The van der Waals surface area contributed by atoms with Crippen LogP contribution in [0.3, 0.4) is 0 Å². The third kappa shape index (κ3) is 4.19. The molecule has 1 heterocycles. The molecule has 7 nitrogen and oxygen atoms in total. The number of amides is 3. The van der Waals surface area contributed by atoms with Gasteiger partial charge in [-0.2, -0.15) is 0 Å². The summed E-state index contributed by atoms with van der Waals surface area (Å²) >= 11 is 0. The van der Waals surface area contributed by atoms with Gasteiger partial charge in [-0.05, 0) is 69.2 Å². The molecule has 1 saturated heterocycles. The van der Waals surface area contributed by atoms with Crippen molar-refractivity contribution in [2.24, 2.45) is 23.5 Å². The van der Waals surface area contributed by atoms with E-state index in [0.717, 1.165) is 37.0 Å². The summed E-state index contributed by atoms with van der Waals surface area (Å²) in [5, 5.41) is 3.28. The van der Waals surface area contributed by atoms with Crippen LogP contribution in [0.1, 0.15) is 57.8 Å². The number of carbonyl (C=O) groups excluding carboxylic acids is 3. The molecule has 0 atom stereocenters. The smallest absolute Gasteiger partial charge is 0.232 e. The van der Waals surface area contributed by atoms with Gasteiger partial charge in [-0.25, -0.2) is 0 Å². The SMILES string of the molecule is NCCCC(=O)N1CCN(C(=O)CC(=O)NC23CC4CC(CC(C4)C2)C3)CC1. The van der Waals surface area contributed by atoms with Gasteiger partial charge in [-0.1, -0.05) is 0 Å². The summed E-state index contributed by atoms with van der Waals surface area (Å²) in [5.74, 6) is 2.19. The van der Waals surface area contributed by atoms with Crippen LogP contribution in [0.5, 0.6) is 0 Å². The molecule has 0 radical (unpaired) electrons. The van der Waals surface area contributed by atoms with Crippen molar-refractivity contribution >= 4 is 17.7 Å². The highest BCUT2D eigenvalue weighted by atomic mass is 16.2. The molecular formula is C21H34N4O3. The molecule has 5 aliphatic rings. The molecule has 0 unspecified atom stereocenters. The average Bonchev–Trinajstić information content (AvgIpc) is 2.64. The molecular weight excluding hydrogens is 356 g/mol. The lowest BCUT2D eigenvalue weighted by molar-refractivity contribution is -0.143. The van der Waals surface area contributed by atoms with Gasteiger partial charge in [0.05, 0.1) is 0 Å². The van der Waals surface area contributed by atoms with Crippen LogP contribution >= 0.6 is 0 Å². The van der Waals surface area contributed by atoms with Gasteiger partial charge < -0.3 is 20.9 Å². The Balaban J connectivity index is 1.23. The molecule has 7 heteroatoms. The van der Waals surface area contributed by atoms with Crippen molar-refractivity contribution in [3.8, 4) is 0 Å². The Bertz CT molecular complexity index is 592. The third-order valence-corrected chi connectivity index (χ3v) is 7.33. The molecule has 0 aromatic heterocycles. The van der Waals surface area contributed by atoms with Crippen molar-refractivity contribution < 1.29 is 14.4 Å². The van der Waals surface area contributed by atoms with E-state index < -0.39 is 0 Å². The molecule has 28 heavy (non-hydrogen) atoms. The summed E-state index contributed by atoms with van der Waals surface area (Å²) in [7, 11) is 0. The number of rotatable bonds is 6. The number of nitrogens with zero attached hydrogens (tertiary/aromatic N) is 2. The Hall–Kier alpha value is -1.63. The second-order valence-electron chi connectivity index (χ2n) is 9.58. The molecule has 0 aromatic carbocycles. The first-order chi connectivity index (χ1) is 13.5. The van der Waals surface area contributed by atoms with E-state index in [9.17, 15) is 14.4 Å². The summed E-state index contributed by atoms with van der Waals surface area (Å²) in [6.07, 6.45) is 8.41. The number of piperazine rings is 1. The zero-order valence-corrected chi connectivity index (χ0v) is 16.8. The van der Waals surface area contributed by atoms with E-state index >= 15 is 0 Å². The zero-order valence-electron chi connectivity index (χ0n) is 16.8. The molecule has 5 rings (SSSR count). The fraction of sp³-hybridized carbons (Fsp3) is 0.857. The molecule has 4 saturated carbocycles. The van der Waals surface area contributed by atoms with E-state index in [4.69, 9.17) is 5.73 Å². The van der Waals surface area contributed by atoms with E-state index in [1.54, 1.807) is 9.80 Å². The second-order valence-corrected chi connectivity index (χ2v) is 9.58. The van der Waals surface area contributed by atoms with Crippen LogP contribution in [0.4, 0.5) is 0 Å². The van der Waals surface area contributed by atoms with Crippen LogP contribution in [0, 0.1) is 17.8 Å². The van der Waals surface area contributed by atoms with Crippen LogP contribution in [0.25, 0.3) is 0 Å². The minimum Gasteiger partial charge on any atom is -0.350 e. The third-order valence-electron chi connectivity index (χ3n) is 7.33. The first-order valence-electron chi connectivity index (χ1n) is 11.0. The monoisotopic (exact) mass is 390 g/mol. The van der Waals surface area contributed by atoms with Gasteiger partial charge in [0.1, 0.15) is 6.42 Å². The quantitative estimate of drug-likeness (QED) is 0.658. The molecule has 3 amide bonds. The van der Waals surface area contributed by atoms with Crippen molar-refractivity contribution in [1.82, 2.24) is 15.1 Å². The lowest BCUT2D eigenvalue weighted by Gasteiger charge is -2.56. The molecule has 3 N–H and O–H groups in total. The topological polar surface area (TPSA) is 95.7 Å². The Kier molecular flexibility index (Phi) is 5.63. The van der Waals surface area contributed by atoms with Gasteiger partial charge in [0.15, 0.2) is 0 Å². The van der Waals surface area contributed by atoms with Crippen LogP contribution in [0.15, 0.2) is 0 Å². The van der Waals surface area contributed by atoms with Crippen LogP contribution in [0.2, 0.25) is 0 Å². The minimum absolute atomic E-state index is 0.0414. The number of carbonyl (C=O) groups is 3. The predicted octanol–water partition coefficient (Wildman–Crippen LogP) is 0.871. The van der Waals surface area contributed by atoms with Crippen molar-refractivity contribution in [3.63, 3.8) is 0 Å². The number of hydrogen-bond acceptors (Lipinski definition) is 4. The fourth-order valence-electron chi connectivity index (χ4n) is 6.47. The largest absolute Gasteiger partial charge is 0.350 e. The molecule has 4 bridgehead atoms. The highest BCUT2D eigenvalue weighted by molar-refractivity contribution is 5.97. The highest BCUT2D eigenvalue weighted by Crippen LogP contribution is 2.55. The van der Waals surface area contributed by atoms with Crippen LogP contribution < -0.4 is 11.1 Å². The predicted molar refractivity (Wildman–Crippen MR) is 105 cm³/mol. The summed E-state index contributed by atoms with van der Waals surface area (Å²) in [4.78, 5) is 40.8. The molecule has 4 aliphatic carbocycles. The number of hydrogen-bond donors (Lipinski definition) is 2. The highest BCUT2D eigenvalue weighted by Gasteiger charge is 2.51. The Morgan fingerprint density at radius 3 is 1.86 bits per heavy atom. The van der Waals surface area contributed by atoms with Gasteiger partial charge in [-0.15, -0.1) is 0 Å². The molecule has 156 valence electrons. The number of nitrogens with one attached hydrogen (secondary N) is 1.